The van der Waals surface area contributed by atoms with E-state index in [0.29, 0.717) is 37.8 Å². The van der Waals surface area contributed by atoms with Crippen LogP contribution in [0.1, 0.15) is 31.9 Å². The molecule has 1 saturated heterocycles. The summed E-state index contributed by atoms with van der Waals surface area (Å²) in [6.07, 6.45) is 3.18. The number of hydrogen-bond donors (Lipinski definition) is 1. The van der Waals surface area contributed by atoms with Gasteiger partial charge in [-0.2, -0.15) is 0 Å². The van der Waals surface area contributed by atoms with Gasteiger partial charge in [-0.1, -0.05) is 6.07 Å². The van der Waals surface area contributed by atoms with Gasteiger partial charge in [0, 0.05) is 37.9 Å². The Bertz CT molecular complexity index is 571. The lowest BCUT2D eigenvalue weighted by molar-refractivity contribution is 0.0655. The Morgan fingerprint density at radius 1 is 1.35 bits per heavy atom. The minimum absolute atomic E-state index is 0.185. The number of pyridine rings is 1. The number of sulfonamides is 1. The van der Waals surface area contributed by atoms with Crippen molar-refractivity contribution in [3.8, 4) is 5.88 Å². The molecule has 0 unspecified atom stereocenters. The van der Waals surface area contributed by atoms with Gasteiger partial charge in [0.05, 0.1) is 12.4 Å². The summed E-state index contributed by atoms with van der Waals surface area (Å²) in [7, 11) is -3.22. The van der Waals surface area contributed by atoms with Crippen molar-refractivity contribution in [2.75, 3.05) is 32.1 Å². The van der Waals surface area contributed by atoms with Crippen LogP contribution < -0.4 is 9.46 Å². The average Bonchev–Trinajstić information content (AvgIpc) is 2.55. The molecule has 0 amide bonds. The zero-order chi connectivity index (χ0) is 16.5. The number of ether oxygens (including phenoxy) is 2. The van der Waals surface area contributed by atoms with Crippen LogP contribution >= 0.6 is 0 Å². The number of rotatable bonds is 9. The summed E-state index contributed by atoms with van der Waals surface area (Å²) in [5.41, 5.74) is 0.822. The molecule has 2 heterocycles. The lowest BCUT2D eigenvalue weighted by atomic mass is 9.98. The van der Waals surface area contributed by atoms with Crippen LogP contribution in [0.5, 0.6) is 5.88 Å². The largest absolute Gasteiger partial charge is 0.478 e. The van der Waals surface area contributed by atoms with Crippen molar-refractivity contribution >= 4 is 10.0 Å². The Morgan fingerprint density at radius 3 is 2.87 bits per heavy atom. The Hall–Kier alpha value is -1.18. The second kappa shape index (κ2) is 9.20. The normalized spacial score (nSPS) is 16.4. The zero-order valence-electron chi connectivity index (χ0n) is 13.7. The van der Waals surface area contributed by atoms with E-state index >= 15 is 0 Å². The van der Waals surface area contributed by atoms with Crippen LogP contribution in [0.3, 0.4) is 0 Å². The highest BCUT2D eigenvalue weighted by atomic mass is 32.2. The number of hydrogen-bond acceptors (Lipinski definition) is 5. The standard InChI is InChI=1S/C16H26N2O4S/c1-2-22-16-5-3-4-15(18-16)6-10-17-23(19,20)13-9-14-7-11-21-12-8-14/h3-5,14,17H,2,6-13H2,1H3. The van der Waals surface area contributed by atoms with E-state index in [1.54, 1.807) is 6.07 Å². The molecular weight excluding hydrogens is 316 g/mol. The second-order valence-electron chi connectivity index (χ2n) is 5.71. The topological polar surface area (TPSA) is 77.5 Å². The van der Waals surface area contributed by atoms with Crippen LogP contribution in [0.25, 0.3) is 0 Å². The van der Waals surface area contributed by atoms with E-state index in [4.69, 9.17) is 9.47 Å². The molecule has 1 N–H and O–H groups in total. The molecule has 1 fully saturated rings. The van der Waals surface area contributed by atoms with Gasteiger partial charge in [0.2, 0.25) is 15.9 Å². The molecule has 0 radical (unpaired) electrons. The van der Waals surface area contributed by atoms with Crippen molar-refractivity contribution in [2.45, 2.75) is 32.6 Å². The van der Waals surface area contributed by atoms with Crippen LogP contribution in [0.2, 0.25) is 0 Å². The molecule has 0 bridgehead atoms. The Balaban J connectivity index is 1.72. The van der Waals surface area contributed by atoms with Gasteiger partial charge in [-0.3, -0.25) is 0 Å². The van der Waals surface area contributed by atoms with Gasteiger partial charge in [-0.05, 0) is 38.2 Å². The fraction of sp³-hybridized carbons (Fsp3) is 0.688. The molecule has 0 aromatic carbocycles. The molecule has 1 aromatic heterocycles. The van der Waals surface area contributed by atoms with E-state index in [1.165, 1.54) is 0 Å². The van der Waals surface area contributed by atoms with Crippen LogP contribution in [0.15, 0.2) is 18.2 Å². The highest BCUT2D eigenvalue weighted by molar-refractivity contribution is 7.89. The molecular formula is C16H26N2O4S. The average molecular weight is 342 g/mol. The monoisotopic (exact) mass is 342 g/mol. The third-order valence-electron chi connectivity index (χ3n) is 3.91. The maximum atomic E-state index is 12.0. The lowest BCUT2D eigenvalue weighted by Gasteiger charge is -2.21. The Morgan fingerprint density at radius 2 is 2.13 bits per heavy atom. The van der Waals surface area contributed by atoms with Gasteiger partial charge in [0.15, 0.2) is 0 Å². The highest BCUT2D eigenvalue weighted by Gasteiger charge is 2.18. The molecule has 0 saturated carbocycles. The molecule has 1 aliphatic rings. The fourth-order valence-corrected chi connectivity index (χ4v) is 3.79. The summed E-state index contributed by atoms with van der Waals surface area (Å²) in [5.74, 6) is 1.22. The third kappa shape index (κ3) is 6.85. The maximum absolute atomic E-state index is 12.0. The van der Waals surface area contributed by atoms with Crippen molar-refractivity contribution < 1.29 is 17.9 Å². The molecule has 0 aliphatic carbocycles. The lowest BCUT2D eigenvalue weighted by Crippen LogP contribution is -2.30. The first-order valence-corrected chi connectivity index (χ1v) is 9.88. The molecule has 130 valence electrons. The van der Waals surface area contributed by atoms with Crippen molar-refractivity contribution in [3.05, 3.63) is 23.9 Å². The van der Waals surface area contributed by atoms with Crippen molar-refractivity contribution in [2.24, 2.45) is 5.92 Å². The molecule has 0 atom stereocenters. The van der Waals surface area contributed by atoms with Crippen LogP contribution in [0, 0.1) is 5.92 Å². The van der Waals surface area contributed by atoms with E-state index < -0.39 is 10.0 Å². The van der Waals surface area contributed by atoms with Gasteiger partial charge in [0.25, 0.3) is 0 Å². The SMILES string of the molecule is CCOc1cccc(CCNS(=O)(=O)CCC2CCOCC2)n1. The zero-order valence-corrected chi connectivity index (χ0v) is 14.5. The molecule has 23 heavy (non-hydrogen) atoms. The molecule has 6 nitrogen and oxygen atoms in total. The van der Waals surface area contributed by atoms with Gasteiger partial charge < -0.3 is 9.47 Å². The number of nitrogens with zero attached hydrogens (tertiary/aromatic N) is 1. The minimum Gasteiger partial charge on any atom is -0.478 e. The predicted molar refractivity (Wildman–Crippen MR) is 89.1 cm³/mol. The van der Waals surface area contributed by atoms with Gasteiger partial charge in [-0.25, -0.2) is 18.1 Å². The Kier molecular flexibility index (Phi) is 7.26. The van der Waals surface area contributed by atoms with Crippen molar-refractivity contribution in [1.82, 2.24) is 9.71 Å². The summed E-state index contributed by atoms with van der Waals surface area (Å²) >= 11 is 0. The van der Waals surface area contributed by atoms with Crippen LogP contribution in [-0.2, 0) is 21.2 Å². The van der Waals surface area contributed by atoms with Crippen LogP contribution in [0.4, 0.5) is 0 Å². The van der Waals surface area contributed by atoms with Gasteiger partial charge in [0.1, 0.15) is 0 Å². The first-order chi connectivity index (χ1) is 11.1. The van der Waals surface area contributed by atoms with Gasteiger partial charge in [-0.15, -0.1) is 0 Å². The van der Waals surface area contributed by atoms with E-state index in [0.717, 1.165) is 31.7 Å². The fourth-order valence-electron chi connectivity index (χ4n) is 2.59. The smallest absolute Gasteiger partial charge is 0.213 e. The van der Waals surface area contributed by atoms with Crippen molar-refractivity contribution in [1.29, 1.82) is 0 Å². The van der Waals surface area contributed by atoms with Crippen LogP contribution in [-0.4, -0.2) is 45.5 Å². The van der Waals surface area contributed by atoms with Gasteiger partial charge >= 0.3 is 0 Å². The summed E-state index contributed by atoms with van der Waals surface area (Å²) in [4.78, 5) is 4.33. The van der Waals surface area contributed by atoms with E-state index in [1.807, 2.05) is 19.1 Å². The highest BCUT2D eigenvalue weighted by Crippen LogP contribution is 2.18. The Labute approximate surface area is 138 Å². The summed E-state index contributed by atoms with van der Waals surface area (Å²) in [6, 6.07) is 5.54. The number of nitrogens with one attached hydrogen (secondary N) is 1. The summed E-state index contributed by atoms with van der Waals surface area (Å²) < 4.78 is 37.4. The second-order valence-corrected chi connectivity index (χ2v) is 7.63. The minimum atomic E-state index is -3.22. The van der Waals surface area contributed by atoms with E-state index in [9.17, 15) is 8.42 Å². The molecule has 1 aliphatic heterocycles. The molecule has 7 heteroatoms. The molecule has 1 aromatic rings. The maximum Gasteiger partial charge on any atom is 0.213 e. The summed E-state index contributed by atoms with van der Waals surface area (Å²) in [5, 5.41) is 0. The summed E-state index contributed by atoms with van der Waals surface area (Å²) in [6.45, 7) is 4.33. The first-order valence-electron chi connectivity index (χ1n) is 8.23. The molecule has 2 rings (SSSR count). The number of aromatic nitrogens is 1. The van der Waals surface area contributed by atoms with E-state index in [2.05, 4.69) is 9.71 Å². The first kappa shape index (κ1) is 18.2. The molecule has 0 spiro atoms. The predicted octanol–water partition coefficient (Wildman–Crippen LogP) is 1.76. The third-order valence-corrected chi connectivity index (χ3v) is 5.33. The van der Waals surface area contributed by atoms with E-state index in [-0.39, 0.29) is 5.75 Å². The quantitative estimate of drug-likeness (QED) is 0.740. The van der Waals surface area contributed by atoms with Crippen molar-refractivity contribution in [3.63, 3.8) is 0 Å².